The molecule has 0 unspecified atom stereocenters. The van der Waals surface area contributed by atoms with E-state index in [1.165, 1.54) is 6.92 Å². The van der Waals surface area contributed by atoms with Crippen LogP contribution in [0.2, 0.25) is 0 Å². The summed E-state index contributed by atoms with van der Waals surface area (Å²) in [4.78, 5) is 12.2. The van der Waals surface area contributed by atoms with Gasteiger partial charge in [-0.15, -0.1) is 0 Å². The minimum absolute atomic E-state index is 0.0361. The highest BCUT2D eigenvalue weighted by Crippen LogP contribution is 2.37. The van der Waals surface area contributed by atoms with Crippen molar-refractivity contribution in [2.24, 2.45) is 0 Å². The van der Waals surface area contributed by atoms with Crippen molar-refractivity contribution in [3.05, 3.63) is 35.1 Å². The van der Waals surface area contributed by atoms with Crippen LogP contribution in [-0.4, -0.2) is 29.6 Å². The van der Waals surface area contributed by atoms with E-state index in [2.05, 4.69) is 0 Å². The molecule has 8 heteroatoms. The van der Waals surface area contributed by atoms with E-state index in [1.807, 2.05) is 0 Å². The first-order valence-corrected chi connectivity index (χ1v) is 6.61. The van der Waals surface area contributed by atoms with E-state index in [0.29, 0.717) is 11.0 Å². The van der Waals surface area contributed by atoms with Crippen molar-refractivity contribution in [3.63, 3.8) is 0 Å². The van der Waals surface area contributed by atoms with Crippen molar-refractivity contribution in [2.75, 3.05) is 6.54 Å². The first-order valence-electron chi connectivity index (χ1n) is 6.61. The summed E-state index contributed by atoms with van der Waals surface area (Å²) in [5.74, 6) is -5.49. The van der Waals surface area contributed by atoms with E-state index >= 15 is 0 Å². The number of halogens is 6. The Balaban J connectivity index is 2.37. The number of hydrogen-bond acceptors (Lipinski definition) is 1. The summed E-state index contributed by atoms with van der Waals surface area (Å²) in [5, 5.41) is 0. The van der Waals surface area contributed by atoms with E-state index in [4.69, 9.17) is 0 Å². The van der Waals surface area contributed by atoms with Gasteiger partial charge in [0.05, 0.1) is 0 Å². The fourth-order valence-corrected chi connectivity index (χ4v) is 2.80. The minimum atomic E-state index is -4.62. The van der Waals surface area contributed by atoms with E-state index in [0.717, 1.165) is 6.07 Å². The monoisotopic (exact) mass is 325 g/mol. The molecule has 2 atom stereocenters. The van der Waals surface area contributed by atoms with Crippen LogP contribution in [0.15, 0.2) is 12.1 Å². The van der Waals surface area contributed by atoms with E-state index in [1.54, 1.807) is 0 Å². The third-order valence-electron chi connectivity index (χ3n) is 3.86. The summed E-state index contributed by atoms with van der Waals surface area (Å²) in [6.45, 7) is -0.223. The van der Waals surface area contributed by atoms with Crippen LogP contribution in [0, 0.1) is 17.5 Å². The smallest absolute Gasteiger partial charge is 0.330 e. The fraction of sp³-hybridized carbons (Fsp3) is 0.500. The Morgan fingerprint density at radius 1 is 1.18 bits per heavy atom. The molecule has 1 amide bonds. The third-order valence-corrected chi connectivity index (χ3v) is 3.86. The van der Waals surface area contributed by atoms with Crippen molar-refractivity contribution in [1.29, 1.82) is 0 Å². The Morgan fingerprint density at radius 3 is 2.36 bits per heavy atom. The third kappa shape index (κ3) is 3.20. The van der Waals surface area contributed by atoms with Gasteiger partial charge >= 0.3 is 6.18 Å². The molecule has 1 heterocycles. The van der Waals surface area contributed by atoms with Gasteiger partial charge in [0.25, 0.3) is 0 Å². The van der Waals surface area contributed by atoms with Crippen molar-refractivity contribution in [1.82, 2.24) is 4.90 Å². The van der Waals surface area contributed by atoms with Gasteiger partial charge in [0, 0.05) is 23.9 Å². The molecular formula is C14H13F6NO. The highest BCUT2D eigenvalue weighted by atomic mass is 19.4. The van der Waals surface area contributed by atoms with Crippen LogP contribution in [0.3, 0.4) is 0 Å². The molecule has 1 aliphatic heterocycles. The molecule has 0 bridgehead atoms. The summed E-state index contributed by atoms with van der Waals surface area (Å²) < 4.78 is 78.6. The predicted octanol–water partition coefficient (Wildman–Crippen LogP) is 3.76. The second-order valence-electron chi connectivity index (χ2n) is 5.28. The molecule has 2 nitrogen and oxygen atoms in total. The molecule has 0 N–H and O–H groups in total. The Bertz CT molecular complexity index is 585. The molecule has 1 saturated heterocycles. The summed E-state index contributed by atoms with van der Waals surface area (Å²) in [6.07, 6.45) is -4.93. The topological polar surface area (TPSA) is 20.3 Å². The summed E-state index contributed by atoms with van der Waals surface area (Å²) in [5.41, 5.74) is -0.604. The molecule has 1 aliphatic rings. The number of likely N-dealkylation sites (tertiary alicyclic amines) is 1. The van der Waals surface area contributed by atoms with Crippen LogP contribution in [0.1, 0.15) is 31.2 Å². The van der Waals surface area contributed by atoms with Crippen LogP contribution in [-0.2, 0) is 4.79 Å². The number of hydrogen-bond donors (Lipinski definition) is 0. The van der Waals surface area contributed by atoms with E-state index in [-0.39, 0.29) is 12.8 Å². The maximum atomic E-state index is 13.8. The van der Waals surface area contributed by atoms with Gasteiger partial charge in [-0.3, -0.25) is 4.79 Å². The molecular weight excluding hydrogens is 312 g/mol. The highest BCUT2D eigenvalue weighted by molar-refractivity contribution is 5.77. The first kappa shape index (κ1) is 16.6. The van der Waals surface area contributed by atoms with Gasteiger partial charge in [-0.25, -0.2) is 13.2 Å². The number of amides is 1. The molecule has 0 aliphatic carbocycles. The molecule has 0 radical (unpaired) electrons. The summed E-state index contributed by atoms with van der Waals surface area (Å²) >= 11 is 0. The Morgan fingerprint density at radius 2 is 1.77 bits per heavy atom. The van der Waals surface area contributed by atoms with Crippen LogP contribution >= 0.6 is 0 Å². The van der Waals surface area contributed by atoms with Crippen molar-refractivity contribution in [2.45, 2.75) is 37.9 Å². The molecule has 0 saturated carbocycles. The van der Waals surface area contributed by atoms with Crippen LogP contribution in [0.5, 0.6) is 0 Å². The van der Waals surface area contributed by atoms with Crippen molar-refractivity contribution < 1.29 is 31.1 Å². The van der Waals surface area contributed by atoms with Gasteiger partial charge < -0.3 is 4.90 Å². The van der Waals surface area contributed by atoms with Crippen molar-refractivity contribution in [3.8, 4) is 0 Å². The predicted molar refractivity (Wildman–Crippen MR) is 65.5 cm³/mol. The van der Waals surface area contributed by atoms with Gasteiger partial charge in [-0.1, -0.05) is 0 Å². The molecule has 1 fully saturated rings. The maximum absolute atomic E-state index is 13.8. The van der Waals surface area contributed by atoms with Gasteiger partial charge in [0.1, 0.15) is 12.4 Å². The van der Waals surface area contributed by atoms with Gasteiger partial charge in [-0.2, -0.15) is 13.2 Å². The normalized spacial score (nSPS) is 23.0. The van der Waals surface area contributed by atoms with Crippen LogP contribution < -0.4 is 0 Å². The Hall–Kier alpha value is -1.73. The van der Waals surface area contributed by atoms with Crippen LogP contribution in [0.4, 0.5) is 26.3 Å². The quantitative estimate of drug-likeness (QED) is 0.599. The number of benzene rings is 1. The van der Waals surface area contributed by atoms with E-state index in [9.17, 15) is 31.1 Å². The van der Waals surface area contributed by atoms with Gasteiger partial charge in [0.2, 0.25) is 5.91 Å². The lowest BCUT2D eigenvalue weighted by atomic mass is 9.83. The zero-order valence-corrected chi connectivity index (χ0v) is 11.6. The van der Waals surface area contributed by atoms with Gasteiger partial charge in [-0.05, 0) is 25.5 Å². The molecule has 122 valence electrons. The maximum Gasteiger partial charge on any atom is 0.406 e. The molecule has 2 rings (SSSR count). The highest BCUT2D eigenvalue weighted by Gasteiger charge is 2.42. The number of alkyl halides is 3. The number of rotatable bonds is 2. The average Bonchev–Trinajstić information content (AvgIpc) is 2.40. The summed E-state index contributed by atoms with van der Waals surface area (Å²) in [6, 6.07) is 0.249. The number of piperidine rings is 1. The number of carbonyl (C=O) groups excluding carboxylic acids is 1. The molecule has 0 spiro atoms. The zero-order valence-electron chi connectivity index (χ0n) is 11.6. The van der Waals surface area contributed by atoms with Crippen LogP contribution in [0.25, 0.3) is 0 Å². The van der Waals surface area contributed by atoms with E-state index < -0.39 is 53.6 Å². The second-order valence-corrected chi connectivity index (χ2v) is 5.28. The first-order chi connectivity index (χ1) is 10.1. The van der Waals surface area contributed by atoms with Gasteiger partial charge in [0.15, 0.2) is 11.6 Å². The summed E-state index contributed by atoms with van der Waals surface area (Å²) in [7, 11) is 0. The lowest BCUT2D eigenvalue weighted by Gasteiger charge is -2.40. The fourth-order valence-electron chi connectivity index (χ4n) is 2.80. The zero-order chi connectivity index (χ0) is 16.7. The van der Waals surface area contributed by atoms with Crippen molar-refractivity contribution >= 4 is 5.91 Å². The Kier molecular flexibility index (Phi) is 4.39. The largest absolute Gasteiger partial charge is 0.406 e. The molecule has 1 aromatic rings. The SMILES string of the molecule is C[C@H]1[C@@H](c2c(F)ccc(F)c2F)CCC(=O)N1CC(F)(F)F. The number of nitrogens with zero attached hydrogens (tertiary/aromatic N) is 1. The average molecular weight is 325 g/mol. The Labute approximate surface area is 122 Å². The minimum Gasteiger partial charge on any atom is -0.330 e. The molecule has 1 aromatic carbocycles. The number of carbonyl (C=O) groups is 1. The molecule has 0 aromatic heterocycles. The lowest BCUT2D eigenvalue weighted by Crippen LogP contribution is -2.50. The second kappa shape index (κ2) is 5.81. The lowest BCUT2D eigenvalue weighted by molar-refractivity contribution is -0.169. The standard InChI is InChI=1S/C14H13F6NO/c1-7-8(12-9(15)3-4-10(16)13(12)17)2-5-11(22)21(7)6-14(18,19)20/h3-4,7-8H,2,5-6H2,1H3/t7-,8-/m0/s1. The molecule has 22 heavy (non-hydrogen) atoms.